The van der Waals surface area contributed by atoms with Gasteiger partial charge in [-0.1, -0.05) is 11.6 Å². The molecule has 1 atom stereocenters. The lowest BCUT2D eigenvalue weighted by atomic mass is 10.1. The summed E-state index contributed by atoms with van der Waals surface area (Å²) in [5.41, 5.74) is 0.0410. The lowest BCUT2D eigenvalue weighted by molar-refractivity contribution is -0.164. The van der Waals surface area contributed by atoms with Crippen LogP contribution in [0.25, 0.3) is 0 Å². The molecule has 0 saturated heterocycles. The standard InChI is InChI=1S/C12H12ClF2N3O3/c1-18(11(19)8(5-16)4-10(14)15)21-12(20)7-2-3-9(13)17-6-7/h2-3,5-6,8,10,16H,4H2,1H3. The number of hydroxylamine groups is 2. The van der Waals surface area contributed by atoms with Crippen molar-refractivity contribution in [3.8, 4) is 0 Å². The summed E-state index contributed by atoms with van der Waals surface area (Å²) in [5, 5.41) is 7.68. The van der Waals surface area contributed by atoms with Gasteiger partial charge in [-0.05, 0) is 12.1 Å². The Bertz CT molecular complexity index is 525. The average Bonchev–Trinajstić information content (AvgIpc) is 2.44. The fraction of sp³-hybridized carbons (Fsp3) is 0.333. The molecule has 1 aromatic heterocycles. The highest BCUT2D eigenvalue weighted by molar-refractivity contribution is 6.29. The molecule has 0 aliphatic carbocycles. The maximum absolute atomic E-state index is 12.3. The first-order valence-corrected chi connectivity index (χ1v) is 6.13. The van der Waals surface area contributed by atoms with E-state index in [4.69, 9.17) is 21.8 Å². The van der Waals surface area contributed by atoms with Crippen molar-refractivity contribution in [2.24, 2.45) is 5.92 Å². The van der Waals surface area contributed by atoms with Crippen molar-refractivity contribution in [3.05, 3.63) is 29.0 Å². The van der Waals surface area contributed by atoms with Gasteiger partial charge >= 0.3 is 5.97 Å². The quantitative estimate of drug-likeness (QED) is 0.512. The SMILES string of the molecule is CN(OC(=O)c1ccc(Cl)nc1)C(=O)C(C=N)CC(F)F. The largest absolute Gasteiger partial charge is 0.364 e. The van der Waals surface area contributed by atoms with E-state index in [0.717, 1.165) is 13.2 Å². The van der Waals surface area contributed by atoms with E-state index in [2.05, 4.69) is 4.98 Å². The molecule has 1 amide bonds. The summed E-state index contributed by atoms with van der Waals surface area (Å²) in [6, 6.07) is 2.69. The van der Waals surface area contributed by atoms with Crippen LogP contribution in [0.3, 0.4) is 0 Å². The van der Waals surface area contributed by atoms with Crippen molar-refractivity contribution in [1.82, 2.24) is 10.0 Å². The number of hydrogen-bond acceptors (Lipinski definition) is 5. The second-order valence-corrected chi connectivity index (χ2v) is 4.37. The molecular weight excluding hydrogens is 308 g/mol. The smallest absolute Gasteiger partial charge is 0.333 e. The highest BCUT2D eigenvalue weighted by Gasteiger charge is 2.26. The Balaban J connectivity index is 2.68. The van der Waals surface area contributed by atoms with Crippen LogP contribution < -0.4 is 0 Å². The Labute approximate surface area is 124 Å². The van der Waals surface area contributed by atoms with Crippen molar-refractivity contribution in [3.63, 3.8) is 0 Å². The van der Waals surface area contributed by atoms with Crippen LogP contribution in [-0.4, -0.2) is 41.6 Å². The van der Waals surface area contributed by atoms with Crippen molar-refractivity contribution in [1.29, 1.82) is 5.41 Å². The van der Waals surface area contributed by atoms with Crippen LogP contribution in [0, 0.1) is 11.3 Å². The van der Waals surface area contributed by atoms with Crippen molar-refractivity contribution >= 4 is 29.7 Å². The van der Waals surface area contributed by atoms with E-state index < -0.39 is 30.6 Å². The minimum atomic E-state index is -2.75. The molecule has 0 aromatic carbocycles. The van der Waals surface area contributed by atoms with E-state index in [9.17, 15) is 18.4 Å². The lowest BCUT2D eigenvalue weighted by Crippen LogP contribution is -2.36. The van der Waals surface area contributed by atoms with E-state index in [0.29, 0.717) is 11.3 Å². The van der Waals surface area contributed by atoms with Crippen LogP contribution in [0.4, 0.5) is 8.78 Å². The molecule has 0 spiro atoms. The first-order valence-electron chi connectivity index (χ1n) is 5.75. The zero-order chi connectivity index (χ0) is 16.0. The normalized spacial score (nSPS) is 11.9. The van der Waals surface area contributed by atoms with Crippen LogP contribution in [0.15, 0.2) is 18.3 Å². The number of halogens is 3. The predicted molar refractivity (Wildman–Crippen MR) is 70.3 cm³/mol. The van der Waals surface area contributed by atoms with Crippen LogP contribution in [0.2, 0.25) is 5.15 Å². The molecular formula is C12H12ClF2N3O3. The maximum Gasteiger partial charge on any atom is 0.364 e. The molecule has 1 rings (SSSR count). The van der Waals surface area contributed by atoms with Gasteiger partial charge < -0.3 is 10.2 Å². The topological polar surface area (TPSA) is 83.3 Å². The fourth-order valence-corrected chi connectivity index (χ4v) is 1.50. The Kier molecular flexibility index (Phi) is 6.16. The third-order valence-electron chi connectivity index (χ3n) is 2.44. The summed E-state index contributed by atoms with van der Waals surface area (Å²) in [6.45, 7) is 0. The second-order valence-electron chi connectivity index (χ2n) is 3.98. The summed E-state index contributed by atoms with van der Waals surface area (Å²) in [7, 11) is 1.10. The molecule has 114 valence electrons. The molecule has 0 saturated carbocycles. The number of alkyl halides is 2. The Morgan fingerprint density at radius 3 is 2.67 bits per heavy atom. The summed E-state index contributed by atoms with van der Waals surface area (Å²) in [6.07, 6.45) is -1.82. The van der Waals surface area contributed by atoms with Crippen LogP contribution in [-0.2, 0) is 9.63 Å². The highest BCUT2D eigenvalue weighted by Crippen LogP contribution is 2.13. The average molecular weight is 320 g/mol. The van der Waals surface area contributed by atoms with Crippen LogP contribution in [0.1, 0.15) is 16.8 Å². The zero-order valence-electron chi connectivity index (χ0n) is 10.9. The van der Waals surface area contributed by atoms with Crippen LogP contribution in [0.5, 0.6) is 0 Å². The van der Waals surface area contributed by atoms with Crippen molar-refractivity contribution in [2.45, 2.75) is 12.8 Å². The van der Waals surface area contributed by atoms with Gasteiger partial charge in [-0.3, -0.25) is 4.79 Å². The molecule has 1 heterocycles. The lowest BCUT2D eigenvalue weighted by Gasteiger charge is -2.19. The van der Waals surface area contributed by atoms with Gasteiger partial charge in [0.15, 0.2) is 0 Å². The van der Waals surface area contributed by atoms with Gasteiger partial charge in [-0.15, -0.1) is 0 Å². The van der Waals surface area contributed by atoms with Gasteiger partial charge in [0.1, 0.15) is 5.15 Å². The number of carbonyl (C=O) groups excluding carboxylic acids is 2. The van der Waals surface area contributed by atoms with Crippen LogP contribution >= 0.6 is 11.6 Å². The number of amides is 1. The fourth-order valence-electron chi connectivity index (χ4n) is 1.38. The van der Waals surface area contributed by atoms with E-state index in [1.807, 2.05) is 0 Å². The Morgan fingerprint density at radius 2 is 2.19 bits per heavy atom. The number of hydrogen-bond donors (Lipinski definition) is 1. The summed E-state index contributed by atoms with van der Waals surface area (Å²) in [5.74, 6) is -3.16. The predicted octanol–water partition coefficient (Wildman–Crippen LogP) is 2.19. The molecule has 0 aliphatic rings. The number of rotatable bonds is 5. The Morgan fingerprint density at radius 1 is 1.52 bits per heavy atom. The zero-order valence-corrected chi connectivity index (χ0v) is 11.7. The molecule has 0 aliphatic heterocycles. The van der Waals surface area contributed by atoms with E-state index in [1.54, 1.807) is 0 Å². The van der Waals surface area contributed by atoms with Gasteiger partial charge in [-0.2, -0.15) is 5.06 Å². The number of nitrogens with one attached hydrogen (secondary N) is 1. The molecule has 21 heavy (non-hydrogen) atoms. The minimum absolute atomic E-state index is 0.0410. The number of nitrogens with zero attached hydrogens (tertiary/aromatic N) is 2. The first kappa shape index (κ1) is 17.0. The number of aromatic nitrogens is 1. The van der Waals surface area contributed by atoms with E-state index in [1.165, 1.54) is 12.1 Å². The first-order chi connectivity index (χ1) is 9.85. The van der Waals surface area contributed by atoms with E-state index >= 15 is 0 Å². The maximum atomic E-state index is 12.3. The summed E-state index contributed by atoms with van der Waals surface area (Å²) < 4.78 is 24.5. The summed E-state index contributed by atoms with van der Waals surface area (Å²) in [4.78, 5) is 31.8. The van der Waals surface area contributed by atoms with Gasteiger partial charge in [-0.25, -0.2) is 18.6 Å². The molecule has 9 heteroatoms. The highest BCUT2D eigenvalue weighted by atomic mass is 35.5. The van der Waals surface area contributed by atoms with Gasteiger partial charge in [0.05, 0.1) is 11.5 Å². The third kappa shape index (κ3) is 5.07. The molecule has 0 radical (unpaired) electrons. The second kappa shape index (κ2) is 7.63. The minimum Gasteiger partial charge on any atom is -0.333 e. The third-order valence-corrected chi connectivity index (χ3v) is 2.67. The van der Waals surface area contributed by atoms with E-state index in [-0.39, 0.29) is 10.7 Å². The van der Waals surface area contributed by atoms with Gasteiger partial charge in [0, 0.05) is 25.9 Å². The van der Waals surface area contributed by atoms with Crippen molar-refractivity contribution in [2.75, 3.05) is 7.05 Å². The van der Waals surface area contributed by atoms with Crippen molar-refractivity contribution < 1.29 is 23.2 Å². The molecule has 0 fully saturated rings. The monoisotopic (exact) mass is 319 g/mol. The Hall–Kier alpha value is -2.09. The van der Waals surface area contributed by atoms with Gasteiger partial charge in [0.25, 0.3) is 5.91 Å². The molecule has 1 unspecified atom stereocenters. The molecule has 0 bridgehead atoms. The molecule has 1 N–H and O–H groups in total. The summed E-state index contributed by atoms with van der Waals surface area (Å²) >= 11 is 5.56. The number of carbonyl (C=O) groups is 2. The number of pyridine rings is 1. The molecule has 1 aromatic rings. The van der Waals surface area contributed by atoms with Gasteiger partial charge in [0.2, 0.25) is 6.43 Å². The molecule has 6 nitrogen and oxygen atoms in total.